The molecule has 66 heavy (non-hydrogen) atoms. The number of aliphatic hydroxyl groups excluding tert-OH is 3. The van der Waals surface area contributed by atoms with E-state index in [9.17, 15) is 34.8 Å². The van der Waals surface area contributed by atoms with Gasteiger partial charge in [0.05, 0.1) is 53.4 Å². The first-order valence-electron chi connectivity index (χ1n) is 22.6. The molecule has 8 rings (SSSR count). The number of Topliss-reactive ketones (excluding diaryl/α,β-unsaturated/α-hetero) is 3. The van der Waals surface area contributed by atoms with Crippen molar-refractivity contribution < 1.29 is 53.8 Å². The van der Waals surface area contributed by atoms with Crippen molar-refractivity contribution >= 4 is 23.3 Å². The van der Waals surface area contributed by atoms with Crippen LogP contribution in [0.4, 0.5) is 0 Å². The predicted octanol–water partition coefficient (Wildman–Crippen LogP) is 5.79. The normalized spacial score (nSPS) is 29.2. The number of methoxy groups -OCH3 is 1. The third-order valence-electron chi connectivity index (χ3n) is 13.9. The summed E-state index contributed by atoms with van der Waals surface area (Å²) in [6.45, 7) is 12.6. The monoisotopic (exact) mass is 903 g/mol. The number of rotatable bonds is 5. The van der Waals surface area contributed by atoms with Crippen LogP contribution in [0.5, 0.6) is 11.5 Å². The van der Waals surface area contributed by atoms with E-state index in [1.807, 2.05) is 36.4 Å². The van der Waals surface area contributed by atoms with Gasteiger partial charge in [-0.1, -0.05) is 107 Å². The SMILES string of the molecule is CO[C@H]1C=CO[C@@]2(C)Oc3c(C)c(O)c4c(c3C2=O)C(=O)C(N2CCN(C(c3ccccc3)c3ccccc3)CC2)=C(NC(=O)C(C)=CC=C[C@H](C)[C@H](O)[C@@H](C)[C@H](O)[C@H](C)[C@H](O)[C@@H]1C)C4=O. The zero-order valence-electron chi connectivity index (χ0n) is 38.7. The summed E-state index contributed by atoms with van der Waals surface area (Å²) in [6.07, 6.45) is 3.40. The van der Waals surface area contributed by atoms with Gasteiger partial charge in [-0.05, 0) is 31.1 Å². The van der Waals surface area contributed by atoms with Gasteiger partial charge >= 0.3 is 5.79 Å². The van der Waals surface area contributed by atoms with E-state index < -0.39 is 88.4 Å². The van der Waals surface area contributed by atoms with Crippen LogP contribution in [0.2, 0.25) is 0 Å². The second-order valence-electron chi connectivity index (χ2n) is 18.2. The van der Waals surface area contributed by atoms with Crippen molar-refractivity contribution in [2.45, 2.75) is 84.7 Å². The van der Waals surface area contributed by atoms with Gasteiger partial charge in [0, 0.05) is 75.0 Å². The maximum atomic E-state index is 15.3. The van der Waals surface area contributed by atoms with Crippen molar-refractivity contribution in [1.29, 1.82) is 0 Å². The average molecular weight is 904 g/mol. The van der Waals surface area contributed by atoms with E-state index in [4.69, 9.17) is 14.2 Å². The summed E-state index contributed by atoms with van der Waals surface area (Å²) < 4.78 is 17.9. The average Bonchev–Trinajstić information content (AvgIpc) is 3.58. The topological polar surface area (TPSA) is 195 Å². The second-order valence-corrected chi connectivity index (χ2v) is 18.2. The molecule has 4 aliphatic heterocycles. The number of nitrogens with one attached hydrogen (secondary N) is 1. The first-order valence-corrected chi connectivity index (χ1v) is 22.6. The summed E-state index contributed by atoms with van der Waals surface area (Å²) in [5, 5.41) is 48.6. The Balaban J connectivity index is 1.32. The third-order valence-corrected chi connectivity index (χ3v) is 13.9. The Morgan fingerprint density at radius 2 is 1.33 bits per heavy atom. The lowest BCUT2D eigenvalue weighted by molar-refractivity contribution is -0.116. The highest BCUT2D eigenvalue weighted by molar-refractivity contribution is 6.32. The third kappa shape index (κ3) is 8.87. The number of ether oxygens (including phenoxy) is 3. The Bertz CT molecular complexity index is 2440. The summed E-state index contributed by atoms with van der Waals surface area (Å²) in [4.78, 5) is 62.9. The van der Waals surface area contributed by atoms with E-state index in [2.05, 4.69) is 34.5 Å². The molecule has 3 aromatic rings. The predicted molar refractivity (Wildman–Crippen MR) is 247 cm³/mol. The molecule has 0 aromatic heterocycles. The summed E-state index contributed by atoms with van der Waals surface area (Å²) in [7, 11) is 1.44. The van der Waals surface area contributed by atoms with Crippen molar-refractivity contribution in [3.05, 3.63) is 142 Å². The van der Waals surface area contributed by atoms with Gasteiger partial charge in [-0.2, -0.15) is 0 Å². The molecule has 1 fully saturated rings. The fourth-order valence-corrected chi connectivity index (χ4v) is 9.67. The highest BCUT2D eigenvalue weighted by Crippen LogP contribution is 2.49. The lowest BCUT2D eigenvalue weighted by atomic mass is 9.78. The number of allylic oxidation sites excluding steroid dienone is 4. The number of hydrogen-bond donors (Lipinski definition) is 5. The van der Waals surface area contributed by atoms with Gasteiger partial charge in [-0.15, -0.1) is 0 Å². The lowest BCUT2D eigenvalue weighted by Gasteiger charge is -2.42. The molecule has 1 saturated heterocycles. The second kappa shape index (κ2) is 19.5. The zero-order chi connectivity index (χ0) is 47.8. The highest BCUT2D eigenvalue weighted by atomic mass is 16.7. The molecule has 350 valence electrons. The Labute approximate surface area is 385 Å². The van der Waals surface area contributed by atoms with E-state index in [0.29, 0.717) is 13.1 Å². The molecule has 1 aliphatic carbocycles. The number of nitrogens with zero attached hydrogens (tertiary/aromatic N) is 2. The maximum absolute atomic E-state index is 15.3. The number of fused-ring (bicyclic) bond motifs is 14. The molecule has 1 amide bonds. The quantitative estimate of drug-likeness (QED) is 0.207. The molecular formula is C52H61N3O11. The summed E-state index contributed by atoms with van der Waals surface area (Å²) in [5.41, 5.74) is 0.832. The molecule has 5 N–H and O–H groups in total. The first-order chi connectivity index (χ1) is 31.4. The van der Waals surface area contributed by atoms with Gasteiger partial charge in [0.15, 0.2) is 0 Å². The molecule has 5 aliphatic rings. The molecule has 14 nitrogen and oxygen atoms in total. The smallest absolute Gasteiger partial charge is 0.312 e. The summed E-state index contributed by atoms with van der Waals surface area (Å²) >= 11 is 0. The van der Waals surface area contributed by atoms with Crippen LogP contribution in [-0.4, -0.2) is 117 Å². The molecule has 5 bridgehead atoms. The van der Waals surface area contributed by atoms with Crippen LogP contribution in [0.15, 0.2) is 108 Å². The van der Waals surface area contributed by atoms with Crippen molar-refractivity contribution in [2.75, 3.05) is 33.3 Å². The van der Waals surface area contributed by atoms with Crippen LogP contribution in [0.25, 0.3) is 0 Å². The minimum Gasteiger partial charge on any atom is -0.507 e. The fraction of sp³-hybridized carbons (Fsp3) is 0.423. The Morgan fingerprint density at radius 3 is 1.92 bits per heavy atom. The lowest BCUT2D eigenvalue weighted by Crippen LogP contribution is -2.50. The number of aromatic hydroxyl groups is 1. The number of aliphatic hydroxyl groups is 3. The Morgan fingerprint density at radius 1 is 0.758 bits per heavy atom. The standard InChI is InChI=1S/C52H61N3O11/c1-28-16-15-17-29(2)51(63)53-40-42(55-25-23-54(24-26-55)41(34-18-11-9-12-19-34)35-20-13-10-14-21-35)48(61)37-38(47(40)60)46(59)33(6)49-39(37)50(62)52(7,66-49)65-27-22-36(64-8)30(3)44(57)32(5)45(58)31(4)43(28)56/h9-22,27-28,30-32,36,41,43-45,56-59H,23-26H2,1-8H3,(H,53,63)/t28-,30+,31+,32+,36-,43-,44+,45-,52-/m0/s1. The van der Waals surface area contributed by atoms with Gasteiger partial charge in [0.25, 0.3) is 11.7 Å². The zero-order valence-corrected chi connectivity index (χ0v) is 38.7. The molecule has 14 heteroatoms. The van der Waals surface area contributed by atoms with Crippen LogP contribution >= 0.6 is 0 Å². The minimum absolute atomic E-state index is 0.0153. The number of hydrogen-bond acceptors (Lipinski definition) is 13. The number of amides is 1. The number of carbonyl (C=O) groups excluding carboxylic acids is 4. The van der Waals surface area contributed by atoms with E-state index in [1.54, 1.807) is 44.7 Å². The van der Waals surface area contributed by atoms with Crippen molar-refractivity contribution in [1.82, 2.24) is 15.1 Å². The van der Waals surface area contributed by atoms with Crippen LogP contribution in [0.1, 0.15) is 95.3 Å². The number of piperazine rings is 1. The molecule has 0 saturated carbocycles. The highest BCUT2D eigenvalue weighted by Gasteiger charge is 2.53. The van der Waals surface area contributed by atoms with E-state index >= 15 is 4.79 Å². The largest absolute Gasteiger partial charge is 0.507 e. The van der Waals surface area contributed by atoms with Gasteiger partial charge in [-0.25, -0.2) is 0 Å². The Hall–Kier alpha value is -5.90. The molecule has 0 radical (unpaired) electrons. The molecule has 0 spiro atoms. The van der Waals surface area contributed by atoms with Gasteiger partial charge < -0.3 is 44.9 Å². The maximum Gasteiger partial charge on any atom is 0.312 e. The van der Waals surface area contributed by atoms with Gasteiger partial charge in [0.1, 0.15) is 22.9 Å². The Kier molecular flexibility index (Phi) is 14.2. The van der Waals surface area contributed by atoms with Crippen LogP contribution in [-0.2, 0) is 14.3 Å². The number of ketones is 3. The van der Waals surface area contributed by atoms with Crippen LogP contribution in [0, 0.1) is 30.6 Å². The summed E-state index contributed by atoms with van der Waals surface area (Å²) in [5.74, 6) is -8.39. The van der Waals surface area contributed by atoms with E-state index in [1.165, 1.54) is 46.3 Å². The number of benzene rings is 3. The number of phenolic OH excluding ortho intramolecular Hbond substituents is 1. The first kappa shape index (κ1) is 48.0. The van der Waals surface area contributed by atoms with Crippen molar-refractivity contribution in [2.24, 2.45) is 23.7 Å². The number of phenols is 1. The molecule has 3 aromatic carbocycles. The summed E-state index contributed by atoms with van der Waals surface area (Å²) in [6, 6.07) is 20.0. The fourth-order valence-electron chi connectivity index (χ4n) is 9.67. The van der Waals surface area contributed by atoms with Crippen molar-refractivity contribution in [3.8, 4) is 11.5 Å². The van der Waals surface area contributed by atoms with Gasteiger partial charge in [0.2, 0.25) is 11.6 Å². The molecule has 0 unspecified atom stereocenters. The van der Waals surface area contributed by atoms with Crippen LogP contribution in [0.3, 0.4) is 0 Å². The number of carbonyl (C=O) groups is 4. The molecule has 4 heterocycles. The van der Waals surface area contributed by atoms with E-state index in [0.717, 1.165) is 11.1 Å². The molecule has 9 atom stereocenters. The molecular weight excluding hydrogens is 843 g/mol. The minimum atomic E-state index is -2.07. The van der Waals surface area contributed by atoms with Crippen LogP contribution < -0.4 is 10.1 Å². The van der Waals surface area contributed by atoms with E-state index in [-0.39, 0.29) is 58.5 Å². The van der Waals surface area contributed by atoms with Gasteiger partial charge in [-0.3, -0.25) is 24.1 Å². The van der Waals surface area contributed by atoms with Crippen molar-refractivity contribution in [3.63, 3.8) is 0 Å².